The molecule has 2 unspecified atom stereocenters. The second-order valence-corrected chi connectivity index (χ2v) is 8.49. The summed E-state index contributed by atoms with van der Waals surface area (Å²) in [4.78, 5) is 3.10. The maximum atomic E-state index is 12.3. The molecule has 1 aromatic heterocycles. The number of fused-ring (bicyclic) bond motifs is 1. The fourth-order valence-electron chi connectivity index (χ4n) is 1.98. The van der Waals surface area contributed by atoms with E-state index in [2.05, 4.69) is 9.71 Å². The smallest absolute Gasteiger partial charge is 0.242 e. The lowest BCUT2D eigenvalue weighted by Gasteiger charge is -2.09. The van der Waals surface area contributed by atoms with Crippen LogP contribution in [0.3, 0.4) is 0 Å². The molecule has 0 aliphatic rings. The van der Waals surface area contributed by atoms with E-state index in [9.17, 15) is 12.6 Å². The number of rotatable bonds is 6. The second kappa shape index (κ2) is 6.17. The predicted octanol–water partition coefficient (Wildman–Crippen LogP) is 1.19. The topological polar surface area (TPSA) is 105 Å². The van der Waals surface area contributed by atoms with Crippen molar-refractivity contribution in [3.05, 3.63) is 24.4 Å². The van der Waals surface area contributed by atoms with Crippen molar-refractivity contribution in [2.75, 3.05) is 18.5 Å². The van der Waals surface area contributed by atoms with Crippen LogP contribution in [0.2, 0.25) is 0 Å². The summed E-state index contributed by atoms with van der Waals surface area (Å²) < 4.78 is 38.4. The van der Waals surface area contributed by atoms with Gasteiger partial charge in [-0.3, -0.25) is 4.21 Å². The Bertz CT molecular complexity index is 768. The van der Waals surface area contributed by atoms with Gasteiger partial charge in [0.2, 0.25) is 10.0 Å². The number of aromatic nitrogens is 1. The lowest BCUT2D eigenvalue weighted by Crippen LogP contribution is -2.27. The number of H-pyrrole nitrogens is 1. The molecule has 0 aliphatic heterocycles. The predicted molar refractivity (Wildman–Crippen MR) is 86.0 cm³/mol. The molecule has 116 valence electrons. The van der Waals surface area contributed by atoms with E-state index in [1.807, 2.05) is 6.92 Å². The van der Waals surface area contributed by atoms with E-state index in [0.717, 1.165) is 0 Å². The minimum absolute atomic E-state index is 0.0459. The average molecular weight is 329 g/mol. The van der Waals surface area contributed by atoms with Crippen LogP contribution in [0.4, 0.5) is 5.69 Å². The number of nitrogens with one attached hydrogen (secondary N) is 2. The highest BCUT2D eigenvalue weighted by Gasteiger charge is 2.19. The molecule has 21 heavy (non-hydrogen) atoms. The van der Waals surface area contributed by atoms with Gasteiger partial charge in [-0.15, -0.1) is 0 Å². The van der Waals surface area contributed by atoms with Crippen molar-refractivity contribution in [1.82, 2.24) is 9.71 Å². The molecule has 2 rings (SSSR count). The van der Waals surface area contributed by atoms with Crippen LogP contribution in [0.5, 0.6) is 0 Å². The third-order valence-corrected chi connectivity index (χ3v) is 6.24. The number of hydrogen-bond donors (Lipinski definition) is 3. The highest BCUT2D eigenvalue weighted by Crippen LogP contribution is 2.24. The van der Waals surface area contributed by atoms with Gasteiger partial charge in [-0.1, -0.05) is 6.92 Å². The molecule has 2 aromatic rings. The van der Waals surface area contributed by atoms with Crippen LogP contribution >= 0.6 is 0 Å². The molecule has 0 amide bonds. The van der Waals surface area contributed by atoms with Crippen LogP contribution in [0.25, 0.3) is 10.9 Å². The summed E-state index contributed by atoms with van der Waals surface area (Å²) in [5, 5.41) is 0.555. The number of hydrogen-bond acceptors (Lipinski definition) is 4. The summed E-state index contributed by atoms with van der Waals surface area (Å²) in [6.45, 7) is 2.09. The van der Waals surface area contributed by atoms with Gasteiger partial charge in [-0.05, 0) is 24.6 Å². The molecule has 1 aromatic carbocycles. The Labute approximate surface area is 126 Å². The normalized spacial score (nSPS) is 15.1. The summed E-state index contributed by atoms with van der Waals surface area (Å²) >= 11 is 0. The molecule has 4 N–H and O–H groups in total. The molecule has 0 saturated heterocycles. The first kappa shape index (κ1) is 16.0. The zero-order valence-electron chi connectivity index (χ0n) is 11.9. The number of nitrogens with two attached hydrogens (primary N) is 1. The van der Waals surface area contributed by atoms with Gasteiger partial charge < -0.3 is 10.7 Å². The number of aromatic amines is 1. The summed E-state index contributed by atoms with van der Waals surface area (Å²) in [5.74, 6) is 0. The van der Waals surface area contributed by atoms with E-state index in [0.29, 0.717) is 23.0 Å². The van der Waals surface area contributed by atoms with Crippen LogP contribution in [-0.2, 0) is 20.8 Å². The minimum Gasteiger partial charge on any atom is -0.399 e. The van der Waals surface area contributed by atoms with Crippen LogP contribution < -0.4 is 10.5 Å². The van der Waals surface area contributed by atoms with Gasteiger partial charge in [0, 0.05) is 51.6 Å². The van der Waals surface area contributed by atoms with Gasteiger partial charge in [0.05, 0.1) is 0 Å². The molecule has 1 heterocycles. The Morgan fingerprint density at radius 2 is 2.14 bits per heavy atom. The van der Waals surface area contributed by atoms with Gasteiger partial charge in [0.1, 0.15) is 4.90 Å². The lowest BCUT2D eigenvalue weighted by molar-refractivity contribution is 0.579. The monoisotopic (exact) mass is 329 g/mol. The first-order valence-corrected chi connectivity index (χ1v) is 9.60. The van der Waals surface area contributed by atoms with Gasteiger partial charge in [0.25, 0.3) is 0 Å². The molecule has 0 fully saturated rings. The van der Waals surface area contributed by atoms with Crippen molar-refractivity contribution in [3.63, 3.8) is 0 Å². The molecule has 0 bridgehead atoms. The summed E-state index contributed by atoms with van der Waals surface area (Å²) in [7, 11) is -4.55. The Hall–Kier alpha value is -1.38. The maximum Gasteiger partial charge on any atom is 0.242 e. The zero-order chi connectivity index (χ0) is 15.6. The van der Waals surface area contributed by atoms with Gasteiger partial charge in [0.15, 0.2) is 0 Å². The quantitative estimate of drug-likeness (QED) is 0.692. The molecule has 0 saturated carbocycles. The van der Waals surface area contributed by atoms with Crippen molar-refractivity contribution >= 4 is 37.4 Å². The van der Waals surface area contributed by atoms with Gasteiger partial charge in [-0.2, -0.15) is 0 Å². The molecule has 0 spiro atoms. The van der Waals surface area contributed by atoms with Crippen molar-refractivity contribution < 1.29 is 12.6 Å². The van der Waals surface area contributed by atoms with E-state index < -0.39 is 20.8 Å². The fourth-order valence-corrected chi connectivity index (χ4v) is 3.65. The molecule has 0 aliphatic carbocycles. The number of anilines is 1. The molecule has 6 nitrogen and oxygen atoms in total. The third kappa shape index (κ3) is 3.63. The molecular weight excluding hydrogens is 310 g/mol. The largest absolute Gasteiger partial charge is 0.399 e. The van der Waals surface area contributed by atoms with Crippen LogP contribution in [0.15, 0.2) is 29.3 Å². The third-order valence-electron chi connectivity index (χ3n) is 3.37. The lowest BCUT2D eigenvalue weighted by atomic mass is 10.2. The molecule has 0 radical (unpaired) electrons. The summed E-state index contributed by atoms with van der Waals surface area (Å²) in [5.41, 5.74) is 6.92. The van der Waals surface area contributed by atoms with E-state index in [4.69, 9.17) is 5.73 Å². The summed E-state index contributed by atoms with van der Waals surface area (Å²) in [6.07, 6.45) is 3.59. The first-order valence-electron chi connectivity index (χ1n) is 6.50. The van der Waals surface area contributed by atoms with Crippen molar-refractivity contribution in [3.8, 4) is 0 Å². The van der Waals surface area contributed by atoms with Gasteiger partial charge in [-0.25, -0.2) is 13.1 Å². The standard InChI is InChI=1S/C13H19N3O3S2/c1-9(20(2)17)5-6-16-21(18,19)13-8-15-12-7-10(14)3-4-11(12)13/h3-4,7-9,15-16H,5-6,14H2,1-2H3. The molecule has 2 atom stereocenters. The van der Waals surface area contributed by atoms with Crippen LogP contribution in [-0.4, -0.2) is 35.7 Å². The van der Waals surface area contributed by atoms with E-state index in [1.54, 1.807) is 24.5 Å². The second-order valence-electron chi connectivity index (χ2n) is 4.95. The van der Waals surface area contributed by atoms with E-state index >= 15 is 0 Å². The Balaban J connectivity index is 2.16. The Kier molecular flexibility index (Phi) is 4.70. The van der Waals surface area contributed by atoms with Crippen molar-refractivity contribution in [2.24, 2.45) is 0 Å². The molecular formula is C13H19N3O3S2. The highest BCUT2D eigenvalue weighted by molar-refractivity contribution is 7.89. The number of nitrogen functional groups attached to an aromatic ring is 1. The first-order chi connectivity index (χ1) is 9.81. The highest BCUT2D eigenvalue weighted by atomic mass is 32.2. The summed E-state index contributed by atoms with van der Waals surface area (Å²) in [6, 6.07) is 5.04. The number of sulfonamides is 1. The van der Waals surface area contributed by atoms with Crippen molar-refractivity contribution in [2.45, 2.75) is 23.5 Å². The zero-order valence-corrected chi connectivity index (χ0v) is 13.6. The van der Waals surface area contributed by atoms with Gasteiger partial charge >= 0.3 is 0 Å². The van der Waals surface area contributed by atoms with E-state index in [1.165, 1.54) is 6.20 Å². The fraction of sp³-hybridized carbons (Fsp3) is 0.385. The van der Waals surface area contributed by atoms with E-state index in [-0.39, 0.29) is 16.7 Å². The Morgan fingerprint density at radius 3 is 2.81 bits per heavy atom. The maximum absolute atomic E-state index is 12.3. The number of benzene rings is 1. The van der Waals surface area contributed by atoms with Crippen molar-refractivity contribution in [1.29, 1.82) is 0 Å². The van der Waals surface area contributed by atoms with Crippen LogP contribution in [0.1, 0.15) is 13.3 Å². The SMILES string of the molecule is CC(CCNS(=O)(=O)c1c[nH]c2cc(N)ccc12)S(C)=O. The molecule has 8 heteroatoms. The Morgan fingerprint density at radius 1 is 1.43 bits per heavy atom. The van der Waals surface area contributed by atoms with Crippen LogP contribution in [0, 0.1) is 0 Å². The minimum atomic E-state index is -3.60. The average Bonchev–Trinajstić information content (AvgIpc) is 2.81.